The molecule has 2 atom stereocenters. The van der Waals surface area contributed by atoms with E-state index in [1.807, 2.05) is 0 Å². The van der Waals surface area contributed by atoms with Gasteiger partial charge >= 0.3 is 0 Å². The summed E-state index contributed by atoms with van der Waals surface area (Å²) in [4.78, 5) is 2.43. The van der Waals surface area contributed by atoms with Gasteiger partial charge < -0.3 is 5.11 Å². The van der Waals surface area contributed by atoms with E-state index in [1.54, 1.807) is 11.3 Å². The molecular formula is C11H17NOS. The van der Waals surface area contributed by atoms with Gasteiger partial charge in [0.25, 0.3) is 0 Å². The van der Waals surface area contributed by atoms with E-state index in [0.717, 1.165) is 26.1 Å². The molecule has 14 heavy (non-hydrogen) atoms. The summed E-state index contributed by atoms with van der Waals surface area (Å²) in [7, 11) is 0. The molecule has 2 rings (SSSR count). The number of hydrogen-bond acceptors (Lipinski definition) is 3. The van der Waals surface area contributed by atoms with Crippen LogP contribution in [0.1, 0.15) is 18.9 Å². The van der Waals surface area contributed by atoms with Crippen LogP contribution in [0.3, 0.4) is 0 Å². The molecule has 0 bridgehead atoms. The van der Waals surface area contributed by atoms with Gasteiger partial charge in [-0.15, -0.1) is 0 Å². The number of aliphatic hydroxyl groups excluding tert-OH is 1. The zero-order valence-electron chi connectivity index (χ0n) is 8.52. The molecule has 1 aliphatic heterocycles. The van der Waals surface area contributed by atoms with Crippen molar-refractivity contribution in [2.45, 2.75) is 26.0 Å². The molecule has 1 saturated heterocycles. The maximum absolute atomic E-state index is 9.60. The lowest BCUT2D eigenvalue weighted by molar-refractivity contribution is 0.0320. The summed E-state index contributed by atoms with van der Waals surface area (Å²) < 4.78 is 0. The maximum Gasteiger partial charge on any atom is 0.0590 e. The van der Waals surface area contributed by atoms with E-state index < -0.39 is 0 Å². The fourth-order valence-electron chi connectivity index (χ4n) is 2.00. The van der Waals surface area contributed by atoms with Crippen molar-refractivity contribution in [2.24, 2.45) is 5.92 Å². The first-order valence-corrected chi connectivity index (χ1v) is 6.11. The molecule has 1 fully saturated rings. The zero-order valence-corrected chi connectivity index (χ0v) is 9.33. The van der Waals surface area contributed by atoms with Crippen LogP contribution in [-0.2, 0) is 6.54 Å². The van der Waals surface area contributed by atoms with Crippen molar-refractivity contribution in [1.29, 1.82) is 0 Å². The Morgan fingerprint density at radius 3 is 3.14 bits per heavy atom. The number of aliphatic hydroxyl groups is 1. The minimum atomic E-state index is -0.0891. The summed E-state index contributed by atoms with van der Waals surface area (Å²) in [6.45, 7) is 5.23. The van der Waals surface area contributed by atoms with E-state index in [1.165, 1.54) is 5.56 Å². The second kappa shape index (κ2) is 4.43. The minimum absolute atomic E-state index is 0.0891. The fourth-order valence-corrected chi connectivity index (χ4v) is 2.66. The van der Waals surface area contributed by atoms with Gasteiger partial charge in [0, 0.05) is 19.6 Å². The van der Waals surface area contributed by atoms with Crippen molar-refractivity contribution < 1.29 is 5.11 Å². The first-order valence-electron chi connectivity index (χ1n) is 5.17. The van der Waals surface area contributed by atoms with E-state index in [9.17, 15) is 5.11 Å². The standard InChI is InChI=1S/C11H17NOS/c1-9-6-12(4-2-11(9)13)7-10-3-5-14-8-10/h3,5,8-9,11,13H,2,4,6-7H2,1H3. The monoisotopic (exact) mass is 211 g/mol. The van der Waals surface area contributed by atoms with Crippen LogP contribution in [0.25, 0.3) is 0 Å². The van der Waals surface area contributed by atoms with Crippen molar-refractivity contribution in [2.75, 3.05) is 13.1 Å². The first-order chi connectivity index (χ1) is 6.75. The van der Waals surface area contributed by atoms with Crippen LogP contribution in [0.5, 0.6) is 0 Å². The third-order valence-electron chi connectivity index (χ3n) is 2.93. The predicted molar refractivity (Wildman–Crippen MR) is 59.4 cm³/mol. The Bertz CT molecular complexity index is 273. The average molecular weight is 211 g/mol. The molecule has 0 spiro atoms. The smallest absolute Gasteiger partial charge is 0.0590 e. The van der Waals surface area contributed by atoms with E-state index >= 15 is 0 Å². The summed E-state index contributed by atoms with van der Waals surface area (Å²) in [5.74, 6) is 0.419. The van der Waals surface area contributed by atoms with Crippen LogP contribution in [0.2, 0.25) is 0 Å². The number of hydrogen-bond donors (Lipinski definition) is 1. The minimum Gasteiger partial charge on any atom is -0.393 e. The highest BCUT2D eigenvalue weighted by Crippen LogP contribution is 2.19. The number of nitrogens with zero attached hydrogens (tertiary/aromatic N) is 1. The van der Waals surface area contributed by atoms with Crippen molar-refractivity contribution >= 4 is 11.3 Å². The van der Waals surface area contributed by atoms with Crippen LogP contribution >= 0.6 is 11.3 Å². The van der Waals surface area contributed by atoms with Crippen molar-refractivity contribution in [3.05, 3.63) is 22.4 Å². The zero-order chi connectivity index (χ0) is 9.97. The SMILES string of the molecule is CC1CN(Cc2ccsc2)CCC1O. The second-order valence-corrected chi connectivity index (χ2v) is 4.98. The van der Waals surface area contributed by atoms with Crippen molar-refractivity contribution in [3.8, 4) is 0 Å². The number of likely N-dealkylation sites (tertiary alicyclic amines) is 1. The molecule has 1 aromatic rings. The van der Waals surface area contributed by atoms with Gasteiger partial charge in [0.2, 0.25) is 0 Å². The molecule has 2 nitrogen and oxygen atoms in total. The Morgan fingerprint density at radius 2 is 2.50 bits per heavy atom. The van der Waals surface area contributed by atoms with Crippen LogP contribution in [0, 0.1) is 5.92 Å². The van der Waals surface area contributed by atoms with Crippen LogP contribution in [-0.4, -0.2) is 29.2 Å². The van der Waals surface area contributed by atoms with E-state index in [2.05, 4.69) is 28.7 Å². The third kappa shape index (κ3) is 2.35. The Kier molecular flexibility index (Phi) is 3.21. The molecule has 1 N–H and O–H groups in total. The summed E-state index contributed by atoms with van der Waals surface area (Å²) in [6.07, 6.45) is 0.833. The molecule has 3 heteroatoms. The summed E-state index contributed by atoms with van der Waals surface area (Å²) >= 11 is 1.75. The number of piperidine rings is 1. The summed E-state index contributed by atoms with van der Waals surface area (Å²) in [5, 5.41) is 13.9. The lowest BCUT2D eigenvalue weighted by Gasteiger charge is -2.34. The van der Waals surface area contributed by atoms with Gasteiger partial charge in [0.05, 0.1) is 6.10 Å². The quantitative estimate of drug-likeness (QED) is 0.808. The predicted octanol–water partition coefficient (Wildman–Crippen LogP) is 1.95. The summed E-state index contributed by atoms with van der Waals surface area (Å²) in [6, 6.07) is 2.18. The van der Waals surface area contributed by atoms with Gasteiger partial charge in [-0.05, 0) is 34.7 Å². The molecular weight excluding hydrogens is 194 g/mol. The first kappa shape index (κ1) is 10.1. The molecule has 1 aliphatic rings. The molecule has 0 radical (unpaired) electrons. The number of rotatable bonds is 2. The van der Waals surface area contributed by atoms with Crippen molar-refractivity contribution in [3.63, 3.8) is 0 Å². The highest BCUT2D eigenvalue weighted by Gasteiger charge is 2.23. The van der Waals surface area contributed by atoms with Gasteiger partial charge in [-0.25, -0.2) is 0 Å². The lowest BCUT2D eigenvalue weighted by atomic mass is 9.96. The highest BCUT2D eigenvalue weighted by molar-refractivity contribution is 7.07. The van der Waals surface area contributed by atoms with Gasteiger partial charge in [0.15, 0.2) is 0 Å². The van der Waals surface area contributed by atoms with E-state index in [0.29, 0.717) is 5.92 Å². The Hall–Kier alpha value is -0.380. The maximum atomic E-state index is 9.60. The topological polar surface area (TPSA) is 23.5 Å². The van der Waals surface area contributed by atoms with Gasteiger partial charge in [0.1, 0.15) is 0 Å². The largest absolute Gasteiger partial charge is 0.393 e. The van der Waals surface area contributed by atoms with Gasteiger partial charge in [-0.1, -0.05) is 6.92 Å². The molecule has 0 aliphatic carbocycles. The molecule has 0 saturated carbocycles. The second-order valence-electron chi connectivity index (χ2n) is 4.20. The number of thiophene rings is 1. The molecule has 78 valence electrons. The van der Waals surface area contributed by atoms with Gasteiger partial charge in [-0.3, -0.25) is 4.90 Å². The molecule has 2 unspecified atom stereocenters. The highest BCUT2D eigenvalue weighted by atomic mass is 32.1. The Labute approximate surface area is 89.2 Å². The average Bonchev–Trinajstić information content (AvgIpc) is 2.64. The lowest BCUT2D eigenvalue weighted by Crippen LogP contribution is -2.41. The van der Waals surface area contributed by atoms with Crippen LogP contribution in [0.15, 0.2) is 16.8 Å². The van der Waals surface area contributed by atoms with E-state index in [4.69, 9.17) is 0 Å². The van der Waals surface area contributed by atoms with Crippen molar-refractivity contribution in [1.82, 2.24) is 4.90 Å². The third-order valence-corrected chi connectivity index (χ3v) is 3.66. The molecule has 0 amide bonds. The fraction of sp³-hybridized carbons (Fsp3) is 0.636. The molecule has 0 aromatic carbocycles. The summed E-state index contributed by atoms with van der Waals surface area (Å²) in [5.41, 5.74) is 1.40. The Balaban J connectivity index is 1.88. The molecule has 1 aromatic heterocycles. The Morgan fingerprint density at radius 1 is 1.64 bits per heavy atom. The van der Waals surface area contributed by atoms with Gasteiger partial charge in [-0.2, -0.15) is 11.3 Å². The molecule has 2 heterocycles. The van der Waals surface area contributed by atoms with Crippen LogP contribution < -0.4 is 0 Å². The van der Waals surface area contributed by atoms with Crippen LogP contribution in [0.4, 0.5) is 0 Å². The van der Waals surface area contributed by atoms with E-state index in [-0.39, 0.29) is 6.10 Å². The normalized spacial score (nSPS) is 29.3.